The fraction of sp³-hybridized carbons (Fsp3) is 0.583. The second-order valence-corrected chi connectivity index (χ2v) is 23.3. The highest BCUT2D eigenvalue weighted by molar-refractivity contribution is 7.92. The summed E-state index contributed by atoms with van der Waals surface area (Å²) in [7, 11) is -4.05. The standard InChI is InChI=1S/C60H92N4O4S/c1-15-19-21-24-36-64(37-25-22-20-16-2)50-31-28-48(29-32-50)62-55-33-30-49(63-69(66,67)57-51(44(7)8)39-46(43(5)6)40-52(57)45(9)10)42-53(55)58(65)61-35-23-26-38-68-56-34-27-47(59(11,12)17-3)41-54(56)60(13,14)18-4/h27-34,39-45,62-63H,15-26,35-38H2,1-14H3,(H,61,65). The van der Waals surface area contributed by atoms with Crippen LogP contribution in [0.15, 0.2) is 77.7 Å². The Morgan fingerprint density at radius 1 is 0.638 bits per heavy atom. The number of nitrogens with zero attached hydrogens (tertiary/aromatic N) is 1. The van der Waals surface area contributed by atoms with E-state index in [1.54, 1.807) is 18.2 Å². The minimum absolute atomic E-state index is 0.0179. The van der Waals surface area contributed by atoms with Crippen LogP contribution in [0.3, 0.4) is 0 Å². The van der Waals surface area contributed by atoms with Gasteiger partial charge in [-0.05, 0) is 138 Å². The SMILES string of the molecule is CCCCCCN(CCCCCC)c1ccc(Nc2ccc(NS(=O)(=O)c3c(C(C)C)cc(C(C)C)cc3C(C)C)cc2C(=O)NCCCCOc2ccc(C(C)(C)CC)cc2C(C)(C)CC)cc1. The molecule has 0 aliphatic carbocycles. The van der Waals surface area contributed by atoms with Crippen molar-refractivity contribution in [2.45, 2.75) is 207 Å². The van der Waals surface area contributed by atoms with E-state index in [-0.39, 0.29) is 34.5 Å². The summed E-state index contributed by atoms with van der Waals surface area (Å²) in [5.41, 5.74) is 8.64. The summed E-state index contributed by atoms with van der Waals surface area (Å²) in [5, 5.41) is 6.67. The molecule has 382 valence electrons. The molecule has 0 heterocycles. The number of anilines is 4. The molecule has 0 aliphatic rings. The molecule has 0 fully saturated rings. The first kappa shape index (κ1) is 57.1. The minimum Gasteiger partial charge on any atom is -0.493 e. The molecule has 69 heavy (non-hydrogen) atoms. The van der Waals surface area contributed by atoms with Gasteiger partial charge in [0, 0.05) is 42.3 Å². The average Bonchev–Trinajstić information content (AvgIpc) is 3.32. The van der Waals surface area contributed by atoms with Crippen molar-refractivity contribution in [3.8, 4) is 5.75 Å². The number of nitrogens with one attached hydrogen (secondary N) is 3. The second kappa shape index (κ2) is 26.6. The normalized spacial score (nSPS) is 12.2. The predicted octanol–water partition coefficient (Wildman–Crippen LogP) is 16.5. The Morgan fingerprint density at radius 2 is 1.22 bits per heavy atom. The number of carbonyl (C=O) groups is 1. The molecule has 0 saturated carbocycles. The molecule has 0 bridgehead atoms. The number of hydrogen-bond acceptors (Lipinski definition) is 6. The lowest BCUT2D eigenvalue weighted by atomic mass is 9.76. The summed E-state index contributed by atoms with van der Waals surface area (Å²) in [6, 6.07) is 24.5. The third-order valence-electron chi connectivity index (χ3n) is 14.3. The predicted molar refractivity (Wildman–Crippen MR) is 296 cm³/mol. The fourth-order valence-corrected chi connectivity index (χ4v) is 10.5. The molecule has 0 spiro atoms. The van der Waals surface area contributed by atoms with Gasteiger partial charge in [0.2, 0.25) is 0 Å². The zero-order valence-corrected chi connectivity index (χ0v) is 46.3. The molecule has 4 rings (SSSR count). The van der Waals surface area contributed by atoms with Crippen molar-refractivity contribution in [2.75, 3.05) is 41.2 Å². The minimum atomic E-state index is -4.05. The van der Waals surface area contributed by atoms with E-state index in [0.29, 0.717) is 41.4 Å². The van der Waals surface area contributed by atoms with Crippen LogP contribution < -0.4 is 25.0 Å². The number of carbonyl (C=O) groups excluding carboxylic acids is 1. The van der Waals surface area contributed by atoms with Gasteiger partial charge in [0.1, 0.15) is 5.75 Å². The highest BCUT2D eigenvalue weighted by Gasteiger charge is 2.29. The molecular weight excluding hydrogens is 873 g/mol. The van der Waals surface area contributed by atoms with Crippen LogP contribution in [0.1, 0.15) is 230 Å². The number of unbranched alkanes of at least 4 members (excludes halogenated alkanes) is 7. The zero-order chi connectivity index (χ0) is 50.9. The molecule has 9 heteroatoms. The summed E-state index contributed by atoms with van der Waals surface area (Å²) in [6.45, 7) is 33.6. The van der Waals surface area contributed by atoms with Gasteiger partial charge in [-0.3, -0.25) is 9.52 Å². The molecule has 0 atom stereocenters. The lowest BCUT2D eigenvalue weighted by molar-refractivity contribution is 0.0953. The maximum atomic E-state index is 14.6. The van der Waals surface area contributed by atoms with Crippen LogP contribution in [-0.2, 0) is 20.9 Å². The molecule has 8 nitrogen and oxygen atoms in total. The van der Waals surface area contributed by atoms with E-state index in [9.17, 15) is 13.2 Å². The summed E-state index contributed by atoms with van der Waals surface area (Å²) >= 11 is 0. The van der Waals surface area contributed by atoms with E-state index in [1.165, 1.54) is 68.2 Å². The van der Waals surface area contributed by atoms with Gasteiger partial charge in [0.15, 0.2) is 0 Å². The van der Waals surface area contributed by atoms with Crippen LogP contribution in [0, 0.1) is 0 Å². The Bertz CT molecular complexity index is 2290. The van der Waals surface area contributed by atoms with Crippen molar-refractivity contribution < 1.29 is 17.9 Å². The van der Waals surface area contributed by atoms with Crippen LogP contribution >= 0.6 is 0 Å². The number of hydrogen-bond donors (Lipinski definition) is 3. The van der Waals surface area contributed by atoms with Gasteiger partial charge in [-0.15, -0.1) is 0 Å². The fourth-order valence-electron chi connectivity index (χ4n) is 8.76. The monoisotopic (exact) mass is 965 g/mol. The van der Waals surface area contributed by atoms with Crippen molar-refractivity contribution in [3.63, 3.8) is 0 Å². The van der Waals surface area contributed by atoms with Crippen LogP contribution in [0.4, 0.5) is 22.7 Å². The third-order valence-corrected chi connectivity index (χ3v) is 15.8. The molecule has 0 saturated heterocycles. The van der Waals surface area contributed by atoms with Crippen LogP contribution in [-0.4, -0.2) is 40.6 Å². The smallest absolute Gasteiger partial charge is 0.262 e. The first-order valence-electron chi connectivity index (χ1n) is 26.7. The third kappa shape index (κ3) is 16.3. The van der Waals surface area contributed by atoms with Crippen LogP contribution in [0.25, 0.3) is 0 Å². The molecule has 0 unspecified atom stereocenters. The van der Waals surface area contributed by atoms with Crippen molar-refractivity contribution in [1.29, 1.82) is 0 Å². The van der Waals surface area contributed by atoms with Crippen molar-refractivity contribution >= 4 is 38.7 Å². The molecule has 4 aromatic carbocycles. The Labute approximate surface area is 420 Å². The van der Waals surface area contributed by atoms with Gasteiger partial charge in [-0.1, -0.05) is 160 Å². The first-order chi connectivity index (χ1) is 32.7. The van der Waals surface area contributed by atoms with E-state index in [4.69, 9.17) is 4.74 Å². The molecular formula is C60H92N4O4S. The topological polar surface area (TPSA) is 99.8 Å². The van der Waals surface area contributed by atoms with E-state index in [0.717, 1.165) is 60.5 Å². The highest BCUT2D eigenvalue weighted by atomic mass is 32.2. The summed E-state index contributed by atoms with van der Waals surface area (Å²) in [5.74, 6) is 0.857. The quantitative estimate of drug-likeness (QED) is 0.0450. The lowest BCUT2D eigenvalue weighted by Crippen LogP contribution is -2.26. The van der Waals surface area contributed by atoms with Gasteiger partial charge in [0.25, 0.3) is 15.9 Å². The average molecular weight is 965 g/mol. The van der Waals surface area contributed by atoms with E-state index in [2.05, 4.69) is 132 Å². The Kier molecular flexibility index (Phi) is 22.0. The number of sulfonamides is 1. The number of amides is 1. The Balaban J connectivity index is 1.60. The van der Waals surface area contributed by atoms with Gasteiger partial charge >= 0.3 is 0 Å². The maximum Gasteiger partial charge on any atom is 0.262 e. The van der Waals surface area contributed by atoms with Crippen molar-refractivity contribution in [2.24, 2.45) is 0 Å². The second-order valence-electron chi connectivity index (χ2n) is 21.6. The molecule has 0 radical (unpaired) electrons. The Morgan fingerprint density at radius 3 is 1.75 bits per heavy atom. The molecule has 3 N–H and O–H groups in total. The molecule has 4 aromatic rings. The van der Waals surface area contributed by atoms with Crippen molar-refractivity contribution in [1.82, 2.24) is 5.32 Å². The summed E-state index contributed by atoms with van der Waals surface area (Å²) in [4.78, 5) is 17.1. The largest absolute Gasteiger partial charge is 0.493 e. The summed E-state index contributed by atoms with van der Waals surface area (Å²) < 4.78 is 38.5. The number of benzene rings is 4. The highest BCUT2D eigenvalue weighted by Crippen LogP contribution is 2.40. The first-order valence-corrected chi connectivity index (χ1v) is 28.2. The molecule has 0 aromatic heterocycles. The van der Waals surface area contributed by atoms with Gasteiger partial charge in [-0.2, -0.15) is 0 Å². The molecule has 1 amide bonds. The number of ether oxygens (including phenoxy) is 1. The van der Waals surface area contributed by atoms with Gasteiger partial charge < -0.3 is 20.3 Å². The molecule has 0 aliphatic heterocycles. The van der Waals surface area contributed by atoms with Crippen molar-refractivity contribution in [3.05, 3.63) is 106 Å². The van der Waals surface area contributed by atoms with Crippen LogP contribution in [0.5, 0.6) is 5.75 Å². The maximum absolute atomic E-state index is 14.6. The van der Waals surface area contributed by atoms with E-state index in [1.807, 2.05) is 39.8 Å². The summed E-state index contributed by atoms with van der Waals surface area (Å²) in [6.07, 6.45) is 13.3. The van der Waals surface area contributed by atoms with Gasteiger partial charge in [0.05, 0.1) is 22.8 Å². The Hall–Kier alpha value is -4.50. The van der Waals surface area contributed by atoms with Crippen LogP contribution in [0.2, 0.25) is 0 Å². The van der Waals surface area contributed by atoms with Gasteiger partial charge in [-0.25, -0.2) is 8.42 Å². The lowest BCUT2D eigenvalue weighted by Gasteiger charge is -2.30. The zero-order valence-electron chi connectivity index (χ0n) is 45.5. The number of rotatable bonds is 30. The van der Waals surface area contributed by atoms with E-state index >= 15 is 0 Å². The van der Waals surface area contributed by atoms with E-state index < -0.39 is 10.0 Å².